The van der Waals surface area contributed by atoms with Gasteiger partial charge in [-0.1, -0.05) is 12.1 Å². The van der Waals surface area contributed by atoms with Gasteiger partial charge in [0.1, 0.15) is 18.2 Å². The van der Waals surface area contributed by atoms with Crippen molar-refractivity contribution in [1.29, 1.82) is 0 Å². The van der Waals surface area contributed by atoms with Gasteiger partial charge in [-0.2, -0.15) is 0 Å². The Balaban J connectivity index is 1.77. The smallest absolute Gasteiger partial charge is 0.226 e. The third-order valence-corrected chi connectivity index (χ3v) is 3.56. The molecule has 0 radical (unpaired) electrons. The van der Waals surface area contributed by atoms with Crippen LogP contribution < -0.4 is 10.1 Å². The number of anilines is 1. The number of likely N-dealkylation sites (N-methyl/N-ethyl adjacent to an activating group) is 1. The van der Waals surface area contributed by atoms with Gasteiger partial charge >= 0.3 is 0 Å². The molecule has 0 heterocycles. The van der Waals surface area contributed by atoms with Gasteiger partial charge in [-0.05, 0) is 42.0 Å². The highest BCUT2D eigenvalue weighted by Gasteiger charge is 2.10. The Labute approximate surface area is 146 Å². The van der Waals surface area contributed by atoms with Crippen LogP contribution in [0.1, 0.15) is 12.5 Å². The molecule has 132 valence electrons. The average molecular weight is 344 g/mol. The van der Waals surface area contributed by atoms with Crippen LogP contribution in [0.15, 0.2) is 48.5 Å². The van der Waals surface area contributed by atoms with Gasteiger partial charge < -0.3 is 15.0 Å². The van der Waals surface area contributed by atoms with E-state index in [1.807, 2.05) is 12.1 Å². The summed E-state index contributed by atoms with van der Waals surface area (Å²) in [5.41, 5.74) is 1.56. The van der Waals surface area contributed by atoms with Gasteiger partial charge in [0, 0.05) is 19.7 Å². The summed E-state index contributed by atoms with van der Waals surface area (Å²) in [5.74, 6) is 0.0830. The minimum Gasteiger partial charge on any atom is -0.492 e. The molecule has 0 aliphatic heterocycles. The second kappa shape index (κ2) is 8.82. The molecule has 5 nitrogen and oxygen atoms in total. The molecule has 0 aliphatic carbocycles. The van der Waals surface area contributed by atoms with Crippen molar-refractivity contribution >= 4 is 17.5 Å². The topological polar surface area (TPSA) is 58.6 Å². The Bertz CT molecular complexity index is 714. The first-order valence-corrected chi connectivity index (χ1v) is 7.93. The molecule has 0 bridgehead atoms. The van der Waals surface area contributed by atoms with Crippen LogP contribution in [0.5, 0.6) is 5.75 Å². The normalized spacial score (nSPS) is 10.2. The Kier molecular flexibility index (Phi) is 6.51. The van der Waals surface area contributed by atoms with Gasteiger partial charge in [-0.25, -0.2) is 4.39 Å². The number of hydrogen-bond donors (Lipinski definition) is 1. The molecule has 0 unspecified atom stereocenters. The lowest BCUT2D eigenvalue weighted by Crippen LogP contribution is -2.32. The maximum atomic E-state index is 12.8. The minimum atomic E-state index is -0.316. The standard InChI is InChI=1S/C19H21FN2O3/c1-14(23)21-17-7-3-15(4-8-17)13-19(24)22(2)11-12-25-18-9-5-16(20)6-10-18/h3-10H,11-13H2,1-2H3,(H,21,23). The summed E-state index contributed by atoms with van der Waals surface area (Å²) in [6.07, 6.45) is 0.271. The molecule has 0 aromatic heterocycles. The van der Waals surface area contributed by atoms with E-state index in [1.54, 1.807) is 36.2 Å². The van der Waals surface area contributed by atoms with Gasteiger partial charge in [0.05, 0.1) is 13.0 Å². The molecule has 2 amide bonds. The van der Waals surface area contributed by atoms with Crippen molar-refractivity contribution in [3.8, 4) is 5.75 Å². The molecule has 2 aromatic rings. The maximum Gasteiger partial charge on any atom is 0.226 e. The SMILES string of the molecule is CC(=O)Nc1ccc(CC(=O)N(C)CCOc2ccc(F)cc2)cc1. The summed E-state index contributed by atoms with van der Waals surface area (Å²) >= 11 is 0. The minimum absolute atomic E-state index is 0.0324. The predicted octanol–water partition coefficient (Wildman–Crippen LogP) is 2.86. The van der Waals surface area contributed by atoms with Crippen LogP contribution in [0.25, 0.3) is 0 Å². The highest BCUT2D eigenvalue weighted by atomic mass is 19.1. The zero-order valence-corrected chi connectivity index (χ0v) is 14.3. The Hall–Kier alpha value is -2.89. The molecular formula is C19H21FN2O3. The Morgan fingerprint density at radius 2 is 1.72 bits per heavy atom. The lowest BCUT2D eigenvalue weighted by molar-refractivity contribution is -0.129. The quantitative estimate of drug-likeness (QED) is 0.840. The van der Waals surface area contributed by atoms with Crippen molar-refractivity contribution < 1.29 is 18.7 Å². The van der Waals surface area contributed by atoms with E-state index in [-0.39, 0.29) is 24.1 Å². The second-order valence-electron chi connectivity index (χ2n) is 5.67. The Morgan fingerprint density at radius 1 is 1.08 bits per heavy atom. The second-order valence-corrected chi connectivity index (χ2v) is 5.67. The van der Waals surface area contributed by atoms with E-state index in [1.165, 1.54) is 19.1 Å². The van der Waals surface area contributed by atoms with Crippen molar-refractivity contribution in [3.05, 3.63) is 59.9 Å². The Morgan fingerprint density at radius 3 is 2.32 bits per heavy atom. The zero-order chi connectivity index (χ0) is 18.2. The van der Waals surface area contributed by atoms with Crippen molar-refractivity contribution in [2.75, 3.05) is 25.5 Å². The third kappa shape index (κ3) is 6.25. The molecule has 2 rings (SSSR count). The molecule has 25 heavy (non-hydrogen) atoms. The van der Waals surface area contributed by atoms with Gasteiger partial charge in [0.2, 0.25) is 11.8 Å². The van der Waals surface area contributed by atoms with E-state index in [0.717, 1.165) is 5.56 Å². The van der Waals surface area contributed by atoms with E-state index in [2.05, 4.69) is 5.32 Å². The van der Waals surface area contributed by atoms with Gasteiger partial charge in [-0.15, -0.1) is 0 Å². The molecule has 0 saturated heterocycles. The number of carbonyl (C=O) groups excluding carboxylic acids is 2. The maximum absolute atomic E-state index is 12.8. The molecule has 1 N–H and O–H groups in total. The fourth-order valence-electron chi connectivity index (χ4n) is 2.17. The third-order valence-electron chi connectivity index (χ3n) is 3.56. The summed E-state index contributed by atoms with van der Waals surface area (Å²) in [6.45, 7) is 2.20. The van der Waals surface area contributed by atoms with Crippen molar-refractivity contribution in [2.24, 2.45) is 0 Å². The number of benzene rings is 2. The van der Waals surface area contributed by atoms with Crippen LogP contribution in [0.4, 0.5) is 10.1 Å². The van der Waals surface area contributed by atoms with Crippen LogP contribution in [0.2, 0.25) is 0 Å². The van der Waals surface area contributed by atoms with E-state index in [9.17, 15) is 14.0 Å². The lowest BCUT2D eigenvalue weighted by atomic mass is 10.1. The first-order chi connectivity index (χ1) is 11.9. The summed E-state index contributed by atoms with van der Waals surface area (Å²) in [7, 11) is 1.71. The fourth-order valence-corrected chi connectivity index (χ4v) is 2.17. The first kappa shape index (κ1) is 18.4. The van der Waals surface area contributed by atoms with Crippen molar-refractivity contribution in [1.82, 2.24) is 4.90 Å². The summed E-state index contributed by atoms with van der Waals surface area (Å²) < 4.78 is 18.3. The van der Waals surface area contributed by atoms with Crippen LogP contribution in [0, 0.1) is 5.82 Å². The van der Waals surface area contributed by atoms with Crippen LogP contribution in [-0.2, 0) is 16.0 Å². The van der Waals surface area contributed by atoms with Gasteiger partial charge in [0.25, 0.3) is 0 Å². The average Bonchev–Trinajstić information content (AvgIpc) is 2.58. The van der Waals surface area contributed by atoms with Gasteiger partial charge in [-0.3, -0.25) is 9.59 Å². The number of carbonyl (C=O) groups is 2. The highest BCUT2D eigenvalue weighted by Crippen LogP contribution is 2.12. The molecule has 0 spiro atoms. The van der Waals surface area contributed by atoms with E-state index in [0.29, 0.717) is 24.6 Å². The molecule has 6 heteroatoms. The molecule has 0 fully saturated rings. The van der Waals surface area contributed by atoms with Crippen molar-refractivity contribution in [2.45, 2.75) is 13.3 Å². The molecule has 2 aromatic carbocycles. The first-order valence-electron chi connectivity index (χ1n) is 7.93. The van der Waals surface area contributed by atoms with Crippen LogP contribution >= 0.6 is 0 Å². The number of nitrogens with one attached hydrogen (secondary N) is 1. The van der Waals surface area contributed by atoms with Crippen LogP contribution in [0.3, 0.4) is 0 Å². The van der Waals surface area contributed by atoms with Gasteiger partial charge in [0.15, 0.2) is 0 Å². The number of rotatable bonds is 7. The molecule has 0 saturated carbocycles. The predicted molar refractivity (Wildman–Crippen MR) is 94.0 cm³/mol. The fraction of sp³-hybridized carbons (Fsp3) is 0.263. The summed E-state index contributed by atoms with van der Waals surface area (Å²) in [4.78, 5) is 24.8. The van der Waals surface area contributed by atoms with E-state index >= 15 is 0 Å². The molecule has 0 aliphatic rings. The summed E-state index contributed by atoms with van der Waals surface area (Å²) in [5, 5.41) is 2.68. The highest BCUT2D eigenvalue weighted by molar-refractivity contribution is 5.88. The number of nitrogens with zero attached hydrogens (tertiary/aromatic N) is 1. The number of ether oxygens (including phenoxy) is 1. The summed E-state index contributed by atoms with van der Waals surface area (Å²) in [6, 6.07) is 12.9. The zero-order valence-electron chi connectivity index (χ0n) is 14.3. The lowest BCUT2D eigenvalue weighted by Gasteiger charge is -2.17. The molecular weight excluding hydrogens is 323 g/mol. The number of amides is 2. The largest absolute Gasteiger partial charge is 0.492 e. The number of halogens is 1. The van der Waals surface area contributed by atoms with E-state index < -0.39 is 0 Å². The number of hydrogen-bond acceptors (Lipinski definition) is 3. The van der Waals surface area contributed by atoms with Crippen molar-refractivity contribution in [3.63, 3.8) is 0 Å². The molecule has 0 atom stereocenters. The van der Waals surface area contributed by atoms with Crippen LogP contribution in [-0.4, -0.2) is 36.9 Å². The van der Waals surface area contributed by atoms with E-state index in [4.69, 9.17) is 4.74 Å². The monoisotopic (exact) mass is 344 g/mol.